The Morgan fingerprint density at radius 2 is 1.75 bits per heavy atom. The minimum absolute atomic E-state index is 0.0164. The van der Waals surface area contributed by atoms with Crippen LogP contribution < -0.4 is 5.32 Å². The van der Waals surface area contributed by atoms with E-state index in [0.717, 1.165) is 11.6 Å². The normalized spacial score (nSPS) is 10.0. The maximum atomic E-state index is 11.9. The summed E-state index contributed by atoms with van der Waals surface area (Å²) in [7, 11) is 0. The third kappa shape index (κ3) is 6.87. The molecule has 0 aromatic heterocycles. The molecule has 0 spiro atoms. The minimum Gasteiger partial charge on any atom is -0.457 e. The zero-order chi connectivity index (χ0) is 20.4. The first kappa shape index (κ1) is 20.6. The summed E-state index contributed by atoms with van der Waals surface area (Å²) in [6.45, 7) is -0.454. The van der Waals surface area contributed by atoms with Crippen molar-refractivity contribution in [3.8, 4) is 0 Å². The predicted molar refractivity (Wildman–Crippen MR) is 97.6 cm³/mol. The summed E-state index contributed by atoms with van der Waals surface area (Å²) in [5.74, 6) is -1.26. The fraction of sp³-hybridized carbons (Fsp3) is 0.211. The Hall–Kier alpha value is -3.75. The van der Waals surface area contributed by atoms with Gasteiger partial charge in [-0.3, -0.25) is 19.7 Å². The van der Waals surface area contributed by atoms with Gasteiger partial charge in [0.15, 0.2) is 6.61 Å². The van der Waals surface area contributed by atoms with Crippen molar-refractivity contribution in [2.24, 2.45) is 0 Å². The molecule has 0 heterocycles. The molecule has 2 aromatic rings. The third-order valence-electron chi connectivity index (χ3n) is 3.55. The highest BCUT2D eigenvalue weighted by molar-refractivity contribution is 5.98. The molecule has 0 bridgehead atoms. The van der Waals surface area contributed by atoms with Gasteiger partial charge >= 0.3 is 12.1 Å². The Balaban J connectivity index is 1.65. The highest BCUT2D eigenvalue weighted by Crippen LogP contribution is 2.13. The quantitative estimate of drug-likeness (QED) is 0.304. The van der Waals surface area contributed by atoms with E-state index in [4.69, 9.17) is 9.47 Å². The van der Waals surface area contributed by atoms with Crippen LogP contribution in [0.1, 0.15) is 22.3 Å². The van der Waals surface area contributed by atoms with Crippen LogP contribution in [0.15, 0.2) is 54.6 Å². The van der Waals surface area contributed by atoms with E-state index in [0.29, 0.717) is 0 Å². The molecule has 0 saturated carbocycles. The van der Waals surface area contributed by atoms with Gasteiger partial charge in [-0.1, -0.05) is 42.5 Å². The first-order chi connectivity index (χ1) is 13.5. The highest BCUT2D eigenvalue weighted by Gasteiger charge is 2.14. The van der Waals surface area contributed by atoms with Crippen molar-refractivity contribution in [1.29, 1.82) is 0 Å². The molecular formula is C19H18N2O7. The summed E-state index contributed by atoms with van der Waals surface area (Å²) in [5, 5.41) is 13.1. The van der Waals surface area contributed by atoms with Crippen molar-refractivity contribution in [3.05, 3.63) is 75.8 Å². The number of esters is 1. The number of nitro groups is 1. The summed E-state index contributed by atoms with van der Waals surface area (Å²) >= 11 is 0. The highest BCUT2D eigenvalue weighted by atomic mass is 16.6. The smallest absolute Gasteiger partial charge is 0.407 e. The minimum atomic E-state index is -0.692. The van der Waals surface area contributed by atoms with Gasteiger partial charge in [-0.15, -0.1) is 0 Å². The largest absolute Gasteiger partial charge is 0.457 e. The van der Waals surface area contributed by atoms with Crippen LogP contribution >= 0.6 is 0 Å². The molecule has 9 heteroatoms. The molecule has 0 radical (unpaired) electrons. The second-order valence-corrected chi connectivity index (χ2v) is 5.63. The average Bonchev–Trinajstić information content (AvgIpc) is 2.71. The van der Waals surface area contributed by atoms with Gasteiger partial charge in [0.05, 0.1) is 11.3 Å². The van der Waals surface area contributed by atoms with Crippen LogP contribution in [0, 0.1) is 10.1 Å². The molecule has 0 aliphatic carbocycles. The van der Waals surface area contributed by atoms with Crippen LogP contribution in [0.3, 0.4) is 0 Å². The number of rotatable bonds is 9. The molecule has 0 aliphatic rings. The van der Waals surface area contributed by atoms with E-state index < -0.39 is 29.4 Å². The first-order valence-electron chi connectivity index (χ1n) is 8.33. The number of ether oxygens (including phenoxy) is 2. The number of nitrogens with zero attached hydrogens (tertiary/aromatic N) is 1. The SMILES string of the molecule is O=C(CCNC(=O)OCc1ccccc1)OCC(=O)c1cccc([N+](=O)[O-])c1. The Kier molecular flexibility index (Phi) is 7.64. The molecule has 146 valence electrons. The van der Waals surface area contributed by atoms with Crippen molar-refractivity contribution in [2.75, 3.05) is 13.2 Å². The number of amides is 1. The van der Waals surface area contributed by atoms with Crippen molar-refractivity contribution in [2.45, 2.75) is 13.0 Å². The van der Waals surface area contributed by atoms with Crippen LogP contribution in [0.4, 0.5) is 10.5 Å². The lowest BCUT2D eigenvalue weighted by Crippen LogP contribution is -2.27. The zero-order valence-electron chi connectivity index (χ0n) is 14.8. The lowest BCUT2D eigenvalue weighted by Gasteiger charge is -2.07. The molecule has 2 aromatic carbocycles. The van der Waals surface area contributed by atoms with E-state index in [1.807, 2.05) is 30.3 Å². The lowest BCUT2D eigenvalue weighted by molar-refractivity contribution is -0.384. The monoisotopic (exact) mass is 386 g/mol. The van der Waals surface area contributed by atoms with Crippen LogP contribution in [-0.2, 0) is 20.9 Å². The van der Waals surface area contributed by atoms with Crippen molar-refractivity contribution >= 4 is 23.5 Å². The summed E-state index contributed by atoms with van der Waals surface area (Å²) < 4.78 is 9.80. The Morgan fingerprint density at radius 3 is 2.46 bits per heavy atom. The van der Waals surface area contributed by atoms with Gasteiger partial charge in [-0.25, -0.2) is 4.79 Å². The maximum absolute atomic E-state index is 11.9. The molecule has 28 heavy (non-hydrogen) atoms. The van der Waals surface area contributed by atoms with Crippen LogP contribution in [0.5, 0.6) is 0 Å². The van der Waals surface area contributed by atoms with Gasteiger partial charge in [0.1, 0.15) is 6.61 Å². The lowest BCUT2D eigenvalue weighted by atomic mass is 10.1. The van der Waals surface area contributed by atoms with E-state index in [-0.39, 0.29) is 30.8 Å². The van der Waals surface area contributed by atoms with Crippen LogP contribution in [-0.4, -0.2) is 35.9 Å². The van der Waals surface area contributed by atoms with E-state index >= 15 is 0 Å². The number of ketones is 1. The fourth-order valence-corrected chi connectivity index (χ4v) is 2.14. The number of carbonyl (C=O) groups excluding carboxylic acids is 3. The molecule has 0 fully saturated rings. The van der Waals surface area contributed by atoms with Gasteiger partial charge in [-0.05, 0) is 5.56 Å². The Labute approximate surface area is 160 Å². The van der Waals surface area contributed by atoms with Gasteiger partial charge in [0, 0.05) is 24.2 Å². The number of Topliss-reactive ketones (excluding diaryl/α,β-unsaturated/α-hetero) is 1. The number of nitrogens with one attached hydrogen (secondary N) is 1. The Morgan fingerprint density at radius 1 is 1.00 bits per heavy atom. The molecule has 0 aliphatic heterocycles. The Bertz CT molecular complexity index is 852. The molecule has 1 N–H and O–H groups in total. The van der Waals surface area contributed by atoms with Crippen molar-refractivity contribution < 1.29 is 28.8 Å². The zero-order valence-corrected chi connectivity index (χ0v) is 14.8. The number of alkyl carbamates (subject to hydrolysis) is 1. The summed E-state index contributed by atoms with van der Waals surface area (Å²) in [6, 6.07) is 14.2. The third-order valence-corrected chi connectivity index (χ3v) is 3.55. The second kappa shape index (κ2) is 10.4. The predicted octanol–water partition coefficient (Wildman–Crippen LogP) is 2.64. The number of hydrogen-bond donors (Lipinski definition) is 1. The molecule has 2 rings (SSSR count). The summed E-state index contributed by atoms with van der Waals surface area (Å²) in [6.07, 6.45) is -0.827. The number of hydrogen-bond acceptors (Lipinski definition) is 7. The topological polar surface area (TPSA) is 125 Å². The standard InChI is InChI=1S/C19H18N2O7/c22-17(15-7-4-8-16(11-15)21(25)26)13-27-18(23)9-10-20-19(24)28-12-14-5-2-1-3-6-14/h1-8,11H,9-10,12-13H2,(H,20,24). The number of carbonyl (C=O) groups is 3. The first-order valence-corrected chi connectivity index (χ1v) is 8.33. The molecule has 0 atom stereocenters. The molecular weight excluding hydrogens is 368 g/mol. The average molecular weight is 386 g/mol. The van der Waals surface area contributed by atoms with Crippen LogP contribution in [0.25, 0.3) is 0 Å². The molecule has 1 amide bonds. The van der Waals surface area contributed by atoms with Crippen molar-refractivity contribution in [3.63, 3.8) is 0 Å². The summed E-state index contributed by atoms with van der Waals surface area (Å²) in [4.78, 5) is 45.2. The second-order valence-electron chi connectivity index (χ2n) is 5.63. The van der Waals surface area contributed by atoms with Gasteiger partial charge in [0.2, 0.25) is 5.78 Å². The van der Waals surface area contributed by atoms with Crippen LogP contribution in [0.2, 0.25) is 0 Å². The van der Waals surface area contributed by atoms with E-state index in [1.165, 1.54) is 18.2 Å². The van der Waals surface area contributed by atoms with Gasteiger partial charge in [-0.2, -0.15) is 0 Å². The molecule has 0 saturated heterocycles. The number of nitro benzene ring substituents is 1. The van der Waals surface area contributed by atoms with Gasteiger partial charge in [0.25, 0.3) is 5.69 Å². The number of benzene rings is 2. The van der Waals surface area contributed by atoms with Gasteiger partial charge < -0.3 is 14.8 Å². The maximum Gasteiger partial charge on any atom is 0.407 e. The molecule has 0 unspecified atom stereocenters. The van der Waals surface area contributed by atoms with Crippen molar-refractivity contribution in [1.82, 2.24) is 5.32 Å². The van der Waals surface area contributed by atoms with E-state index in [1.54, 1.807) is 0 Å². The van der Waals surface area contributed by atoms with E-state index in [2.05, 4.69) is 5.32 Å². The number of non-ortho nitro benzene ring substituents is 1. The van der Waals surface area contributed by atoms with E-state index in [9.17, 15) is 24.5 Å². The molecule has 9 nitrogen and oxygen atoms in total. The fourth-order valence-electron chi connectivity index (χ4n) is 2.14. The summed E-state index contributed by atoms with van der Waals surface area (Å²) in [5.41, 5.74) is 0.678.